The predicted octanol–water partition coefficient (Wildman–Crippen LogP) is 4.26. The molecule has 0 atom stereocenters. The van der Waals surface area contributed by atoms with Crippen molar-refractivity contribution in [3.05, 3.63) is 56.8 Å². The molecule has 0 aliphatic heterocycles. The summed E-state index contributed by atoms with van der Waals surface area (Å²) in [5.41, 5.74) is 4.29. The van der Waals surface area contributed by atoms with Crippen LogP contribution in [0.4, 0.5) is 0 Å². The van der Waals surface area contributed by atoms with Gasteiger partial charge in [0.2, 0.25) is 0 Å². The van der Waals surface area contributed by atoms with Crippen molar-refractivity contribution >= 4 is 11.3 Å². The van der Waals surface area contributed by atoms with Gasteiger partial charge in [0, 0.05) is 16.2 Å². The molecule has 0 radical (unpaired) electrons. The van der Waals surface area contributed by atoms with E-state index in [0.717, 1.165) is 6.42 Å². The van der Waals surface area contributed by atoms with Crippen molar-refractivity contribution in [2.24, 2.45) is 0 Å². The third-order valence-corrected chi connectivity index (χ3v) is 3.79. The summed E-state index contributed by atoms with van der Waals surface area (Å²) in [7, 11) is 0. The maximum atomic E-state index is 2.24. The van der Waals surface area contributed by atoms with Crippen LogP contribution in [0.25, 0.3) is 0 Å². The van der Waals surface area contributed by atoms with Crippen molar-refractivity contribution in [3.8, 4) is 0 Å². The van der Waals surface area contributed by atoms with E-state index in [-0.39, 0.29) is 0 Å². The second-order valence-electron chi connectivity index (χ2n) is 4.06. The van der Waals surface area contributed by atoms with E-state index in [4.69, 9.17) is 0 Å². The van der Waals surface area contributed by atoms with Crippen LogP contribution in [0.2, 0.25) is 0 Å². The minimum absolute atomic E-state index is 1.08. The molecule has 0 saturated carbocycles. The smallest absolute Gasteiger partial charge is 0.00920 e. The molecule has 0 aliphatic rings. The van der Waals surface area contributed by atoms with Gasteiger partial charge in [0.15, 0.2) is 0 Å². The van der Waals surface area contributed by atoms with Crippen LogP contribution in [0.5, 0.6) is 0 Å². The van der Waals surface area contributed by atoms with Crippen LogP contribution in [0.3, 0.4) is 0 Å². The predicted molar refractivity (Wildman–Crippen MR) is 67.8 cm³/mol. The van der Waals surface area contributed by atoms with Gasteiger partial charge in [-0.05, 0) is 49.6 Å². The molecule has 2 aromatic rings. The Balaban J connectivity index is 2.31. The third kappa shape index (κ3) is 2.29. The molecular formula is C14H16S. The number of thiophene rings is 1. The summed E-state index contributed by atoms with van der Waals surface area (Å²) in [6.07, 6.45) is 1.08. The molecular weight excluding hydrogens is 200 g/mol. The van der Waals surface area contributed by atoms with Gasteiger partial charge in [0.25, 0.3) is 0 Å². The fraction of sp³-hybridized carbons (Fsp3) is 0.286. The lowest BCUT2D eigenvalue weighted by atomic mass is 9.99. The van der Waals surface area contributed by atoms with E-state index in [0.29, 0.717) is 0 Å². The molecule has 1 heterocycles. The molecule has 0 nitrogen and oxygen atoms in total. The van der Waals surface area contributed by atoms with Gasteiger partial charge < -0.3 is 0 Å². The standard InChI is InChI=1S/C14H16S/c1-10-5-4-6-11(2)14(10)9-13-8-7-12(3)15-13/h4-8H,9H2,1-3H3. The van der Waals surface area contributed by atoms with Crippen LogP contribution in [-0.2, 0) is 6.42 Å². The highest BCUT2D eigenvalue weighted by Crippen LogP contribution is 2.22. The summed E-state index contributed by atoms with van der Waals surface area (Å²) >= 11 is 1.90. The lowest BCUT2D eigenvalue weighted by molar-refractivity contribution is 1.15. The van der Waals surface area contributed by atoms with Crippen LogP contribution in [0, 0.1) is 20.8 Å². The Bertz CT molecular complexity index is 446. The summed E-state index contributed by atoms with van der Waals surface area (Å²) in [5.74, 6) is 0. The lowest BCUT2D eigenvalue weighted by Gasteiger charge is -2.07. The van der Waals surface area contributed by atoms with Crippen molar-refractivity contribution in [2.45, 2.75) is 27.2 Å². The van der Waals surface area contributed by atoms with Crippen molar-refractivity contribution < 1.29 is 0 Å². The van der Waals surface area contributed by atoms with Gasteiger partial charge in [0.1, 0.15) is 0 Å². The Labute approximate surface area is 95.6 Å². The van der Waals surface area contributed by atoms with Crippen LogP contribution < -0.4 is 0 Å². The zero-order valence-electron chi connectivity index (χ0n) is 9.50. The van der Waals surface area contributed by atoms with Gasteiger partial charge in [-0.15, -0.1) is 11.3 Å². The first-order valence-electron chi connectivity index (χ1n) is 5.27. The zero-order chi connectivity index (χ0) is 10.8. The molecule has 15 heavy (non-hydrogen) atoms. The summed E-state index contributed by atoms with van der Waals surface area (Å²) in [6.45, 7) is 6.56. The molecule has 78 valence electrons. The molecule has 1 heteroatoms. The van der Waals surface area contributed by atoms with Crippen LogP contribution in [-0.4, -0.2) is 0 Å². The van der Waals surface area contributed by atoms with E-state index in [1.54, 1.807) is 0 Å². The molecule has 0 amide bonds. The Morgan fingerprint density at radius 1 is 0.933 bits per heavy atom. The first-order chi connectivity index (χ1) is 7.16. The van der Waals surface area contributed by atoms with Gasteiger partial charge in [-0.3, -0.25) is 0 Å². The van der Waals surface area contributed by atoms with Crippen molar-refractivity contribution in [3.63, 3.8) is 0 Å². The average molecular weight is 216 g/mol. The monoisotopic (exact) mass is 216 g/mol. The fourth-order valence-corrected chi connectivity index (χ4v) is 2.78. The van der Waals surface area contributed by atoms with Crippen molar-refractivity contribution in [1.82, 2.24) is 0 Å². The molecule has 0 unspecified atom stereocenters. The van der Waals surface area contributed by atoms with E-state index < -0.39 is 0 Å². The molecule has 1 aromatic heterocycles. The van der Waals surface area contributed by atoms with Crippen molar-refractivity contribution in [2.75, 3.05) is 0 Å². The highest BCUT2D eigenvalue weighted by atomic mass is 32.1. The molecule has 0 bridgehead atoms. The normalized spacial score (nSPS) is 10.6. The first kappa shape index (κ1) is 10.4. The molecule has 1 aromatic carbocycles. The maximum Gasteiger partial charge on any atom is 0.00920 e. The number of rotatable bonds is 2. The number of aryl methyl sites for hydroxylation is 3. The van der Waals surface area contributed by atoms with Crippen LogP contribution in [0.15, 0.2) is 30.3 Å². The van der Waals surface area contributed by atoms with Gasteiger partial charge in [0.05, 0.1) is 0 Å². The molecule has 0 N–H and O–H groups in total. The second kappa shape index (κ2) is 4.19. The summed E-state index contributed by atoms with van der Waals surface area (Å²) in [5, 5.41) is 0. The first-order valence-corrected chi connectivity index (χ1v) is 6.09. The Morgan fingerprint density at radius 3 is 2.13 bits per heavy atom. The van der Waals surface area contributed by atoms with Gasteiger partial charge in [-0.2, -0.15) is 0 Å². The Kier molecular flexibility index (Phi) is 2.92. The molecule has 2 rings (SSSR count). The highest BCUT2D eigenvalue weighted by molar-refractivity contribution is 7.11. The molecule has 0 aliphatic carbocycles. The van der Waals surface area contributed by atoms with E-state index in [9.17, 15) is 0 Å². The van der Waals surface area contributed by atoms with E-state index in [2.05, 4.69) is 51.1 Å². The number of hydrogen-bond donors (Lipinski definition) is 0. The SMILES string of the molecule is Cc1ccc(Cc2c(C)cccc2C)s1. The van der Waals surface area contributed by atoms with E-state index in [1.165, 1.54) is 26.4 Å². The molecule has 0 saturated heterocycles. The summed E-state index contributed by atoms with van der Waals surface area (Å²) in [6, 6.07) is 11.0. The quantitative estimate of drug-likeness (QED) is 0.703. The number of benzene rings is 1. The molecule has 0 spiro atoms. The minimum Gasteiger partial charge on any atom is -0.145 e. The minimum atomic E-state index is 1.08. The Morgan fingerprint density at radius 2 is 1.60 bits per heavy atom. The highest BCUT2D eigenvalue weighted by Gasteiger charge is 2.04. The molecule has 0 fully saturated rings. The van der Waals surface area contributed by atoms with E-state index in [1.807, 2.05) is 11.3 Å². The fourth-order valence-electron chi connectivity index (χ4n) is 1.88. The van der Waals surface area contributed by atoms with E-state index >= 15 is 0 Å². The van der Waals surface area contributed by atoms with Crippen LogP contribution in [0.1, 0.15) is 26.4 Å². The van der Waals surface area contributed by atoms with Gasteiger partial charge >= 0.3 is 0 Å². The summed E-state index contributed by atoms with van der Waals surface area (Å²) in [4.78, 5) is 2.86. The topological polar surface area (TPSA) is 0 Å². The van der Waals surface area contributed by atoms with Gasteiger partial charge in [-0.25, -0.2) is 0 Å². The largest absolute Gasteiger partial charge is 0.145 e. The van der Waals surface area contributed by atoms with Crippen molar-refractivity contribution in [1.29, 1.82) is 0 Å². The maximum absolute atomic E-state index is 2.24. The summed E-state index contributed by atoms with van der Waals surface area (Å²) < 4.78 is 0. The number of hydrogen-bond acceptors (Lipinski definition) is 1. The third-order valence-electron chi connectivity index (χ3n) is 2.79. The lowest BCUT2D eigenvalue weighted by Crippen LogP contribution is -1.93. The average Bonchev–Trinajstić information content (AvgIpc) is 2.58. The van der Waals surface area contributed by atoms with Gasteiger partial charge in [-0.1, -0.05) is 18.2 Å². The second-order valence-corrected chi connectivity index (χ2v) is 5.43. The van der Waals surface area contributed by atoms with Crippen LogP contribution >= 0.6 is 11.3 Å². The Hall–Kier alpha value is -1.08. The zero-order valence-corrected chi connectivity index (χ0v) is 10.3.